The van der Waals surface area contributed by atoms with Gasteiger partial charge < -0.3 is 5.32 Å². The average molecular weight is 400 g/mol. The second kappa shape index (κ2) is 8.90. The lowest BCUT2D eigenvalue weighted by atomic mass is 10.1. The summed E-state index contributed by atoms with van der Waals surface area (Å²) in [6, 6.07) is 8.39. The first-order valence-electron chi connectivity index (χ1n) is 8.11. The highest BCUT2D eigenvalue weighted by Gasteiger charge is 2.23. The van der Waals surface area contributed by atoms with Crippen molar-refractivity contribution in [3.63, 3.8) is 0 Å². The molecule has 0 spiro atoms. The van der Waals surface area contributed by atoms with Gasteiger partial charge in [-0.25, -0.2) is 21.6 Å². The minimum atomic E-state index is -3.95. The van der Waals surface area contributed by atoms with Gasteiger partial charge in [0.1, 0.15) is 24.0 Å². The quantitative estimate of drug-likeness (QED) is 0.693. The molecule has 0 fully saturated rings. The second-order valence-corrected chi connectivity index (χ2v) is 7.85. The molecule has 0 bridgehead atoms. The number of anilines is 1. The smallest absolute Gasteiger partial charge is 0.240 e. The van der Waals surface area contributed by atoms with Gasteiger partial charge >= 0.3 is 0 Å². The molecular weight excluding hydrogens is 381 g/mol. The van der Waals surface area contributed by atoms with E-state index in [4.69, 9.17) is 0 Å². The fraction of sp³-hybridized carbons (Fsp3) is 0.278. The number of nitrogens with one attached hydrogen (secondary N) is 1. The summed E-state index contributed by atoms with van der Waals surface area (Å²) in [6.45, 7) is -0.363. The summed E-state index contributed by atoms with van der Waals surface area (Å²) in [5.41, 5.74) is 0.497. The van der Waals surface area contributed by atoms with E-state index in [1.165, 1.54) is 12.1 Å². The van der Waals surface area contributed by atoms with Gasteiger partial charge in [0, 0.05) is 12.6 Å². The SMILES string of the molecule is CS(=O)(=O)N(CC(=O)NCCCc1ccc(F)cc1)c1ccc(F)cc1F. The lowest BCUT2D eigenvalue weighted by Crippen LogP contribution is -2.41. The van der Waals surface area contributed by atoms with Gasteiger partial charge in [-0.05, 0) is 42.7 Å². The van der Waals surface area contributed by atoms with Crippen molar-refractivity contribution in [1.82, 2.24) is 5.32 Å². The molecule has 0 atom stereocenters. The number of rotatable bonds is 8. The van der Waals surface area contributed by atoms with E-state index in [9.17, 15) is 26.4 Å². The van der Waals surface area contributed by atoms with E-state index in [1.807, 2.05) is 0 Å². The molecule has 2 aromatic carbocycles. The Hall–Kier alpha value is -2.55. The van der Waals surface area contributed by atoms with Crippen LogP contribution in [0.2, 0.25) is 0 Å². The maximum atomic E-state index is 13.9. The highest BCUT2D eigenvalue weighted by Crippen LogP contribution is 2.22. The Labute approximate surface area is 155 Å². The molecule has 0 aliphatic heterocycles. The van der Waals surface area contributed by atoms with Crippen LogP contribution in [0.15, 0.2) is 42.5 Å². The Balaban J connectivity index is 1.93. The van der Waals surface area contributed by atoms with Crippen LogP contribution < -0.4 is 9.62 Å². The van der Waals surface area contributed by atoms with Gasteiger partial charge in [-0.2, -0.15) is 0 Å². The van der Waals surface area contributed by atoms with E-state index in [-0.39, 0.29) is 12.4 Å². The highest BCUT2D eigenvalue weighted by atomic mass is 32.2. The first kappa shape index (κ1) is 20.8. The number of benzene rings is 2. The number of aryl methyl sites for hydroxylation is 1. The number of amides is 1. The molecule has 2 aromatic rings. The van der Waals surface area contributed by atoms with Crippen molar-refractivity contribution in [1.29, 1.82) is 0 Å². The standard InChI is InChI=1S/C18H19F3N2O3S/c1-27(25,26)23(17-9-8-15(20)11-16(17)21)12-18(24)22-10-2-3-13-4-6-14(19)7-5-13/h4-9,11H,2-3,10,12H2,1H3,(H,22,24). The van der Waals surface area contributed by atoms with Crippen LogP contribution in [0.4, 0.5) is 18.9 Å². The predicted molar refractivity (Wildman–Crippen MR) is 96.3 cm³/mol. The van der Waals surface area contributed by atoms with Crippen molar-refractivity contribution in [3.8, 4) is 0 Å². The molecule has 0 heterocycles. The third kappa shape index (κ3) is 6.28. The van der Waals surface area contributed by atoms with Crippen LogP contribution in [0.1, 0.15) is 12.0 Å². The number of hydrogen-bond donors (Lipinski definition) is 1. The zero-order chi connectivity index (χ0) is 20.0. The molecule has 0 unspecified atom stereocenters. The average Bonchev–Trinajstić information content (AvgIpc) is 2.58. The number of sulfonamides is 1. The largest absolute Gasteiger partial charge is 0.355 e. The molecule has 0 aliphatic rings. The van der Waals surface area contributed by atoms with E-state index in [0.29, 0.717) is 23.2 Å². The molecular formula is C18H19F3N2O3S. The monoisotopic (exact) mass is 400 g/mol. The third-order valence-corrected chi connectivity index (χ3v) is 4.87. The van der Waals surface area contributed by atoms with Crippen LogP contribution in [-0.4, -0.2) is 33.7 Å². The first-order valence-corrected chi connectivity index (χ1v) is 9.95. The van der Waals surface area contributed by atoms with Gasteiger partial charge in [-0.15, -0.1) is 0 Å². The molecule has 9 heteroatoms. The zero-order valence-electron chi connectivity index (χ0n) is 14.6. The summed E-state index contributed by atoms with van der Waals surface area (Å²) >= 11 is 0. The number of hydrogen-bond acceptors (Lipinski definition) is 3. The van der Waals surface area contributed by atoms with Gasteiger partial charge in [-0.1, -0.05) is 12.1 Å². The number of carbonyl (C=O) groups is 1. The van der Waals surface area contributed by atoms with E-state index >= 15 is 0 Å². The molecule has 1 amide bonds. The minimum absolute atomic E-state index is 0.264. The topological polar surface area (TPSA) is 66.5 Å². The van der Waals surface area contributed by atoms with Crippen LogP contribution in [-0.2, 0) is 21.2 Å². The predicted octanol–water partition coefficient (Wildman–Crippen LogP) is 2.62. The first-order chi connectivity index (χ1) is 12.7. The Kier molecular flexibility index (Phi) is 6.84. The molecule has 27 heavy (non-hydrogen) atoms. The number of nitrogens with zero attached hydrogens (tertiary/aromatic N) is 1. The lowest BCUT2D eigenvalue weighted by Gasteiger charge is -2.22. The maximum absolute atomic E-state index is 13.9. The highest BCUT2D eigenvalue weighted by molar-refractivity contribution is 7.92. The van der Waals surface area contributed by atoms with Crippen molar-refractivity contribution in [2.75, 3.05) is 23.7 Å². The summed E-state index contributed by atoms with van der Waals surface area (Å²) in [6.07, 6.45) is 1.99. The van der Waals surface area contributed by atoms with Crippen molar-refractivity contribution in [2.24, 2.45) is 0 Å². The van der Waals surface area contributed by atoms with Gasteiger partial charge in [0.2, 0.25) is 15.9 Å². The molecule has 0 radical (unpaired) electrons. The Morgan fingerprint density at radius 3 is 2.26 bits per heavy atom. The normalized spacial score (nSPS) is 11.3. The molecule has 1 N–H and O–H groups in total. The van der Waals surface area contributed by atoms with E-state index in [0.717, 1.165) is 24.0 Å². The summed E-state index contributed by atoms with van der Waals surface area (Å²) in [5, 5.41) is 2.55. The number of carbonyl (C=O) groups excluding carboxylic acids is 1. The summed E-state index contributed by atoms with van der Waals surface area (Å²) in [7, 11) is -3.95. The van der Waals surface area contributed by atoms with Crippen LogP contribution in [0.5, 0.6) is 0 Å². The van der Waals surface area contributed by atoms with E-state index in [1.54, 1.807) is 12.1 Å². The Bertz CT molecular complexity index is 903. The Morgan fingerprint density at radius 1 is 1.04 bits per heavy atom. The van der Waals surface area contributed by atoms with E-state index < -0.39 is 39.8 Å². The molecule has 146 valence electrons. The minimum Gasteiger partial charge on any atom is -0.355 e. The van der Waals surface area contributed by atoms with Gasteiger partial charge in [-0.3, -0.25) is 9.10 Å². The molecule has 0 saturated carbocycles. The molecule has 2 rings (SSSR count). The van der Waals surface area contributed by atoms with Gasteiger partial charge in [0.15, 0.2) is 0 Å². The summed E-state index contributed by atoms with van der Waals surface area (Å²) in [4.78, 5) is 12.0. The zero-order valence-corrected chi connectivity index (χ0v) is 15.4. The van der Waals surface area contributed by atoms with Crippen molar-refractivity contribution < 1.29 is 26.4 Å². The van der Waals surface area contributed by atoms with Crippen molar-refractivity contribution >= 4 is 21.6 Å². The molecule has 5 nitrogen and oxygen atoms in total. The lowest BCUT2D eigenvalue weighted by molar-refractivity contribution is -0.119. The van der Waals surface area contributed by atoms with Crippen molar-refractivity contribution in [2.45, 2.75) is 12.8 Å². The van der Waals surface area contributed by atoms with Crippen LogP contribution in [0, 0.1) is 17.5 Å². The van der Waals surface area contributed by atoms with Crippen molar-refractivity contribution in [3.05, 3.63) is 65.5 Å². The summed E-state index contributed by atoms with van der Waals surface area (Å²) in [5.74, 6) is -2.89. The molecule has 0 aromatic heterocycles. The number of halogens is 3. The molecule has 0 saturated heterocycles. The fourth-order valence-corrected chi connectivity index (χ4v) is 3.28. The van der Waals surface area contributed by atoms with Gasteiger partial charge in [0.05, 0.1) is 11.9 Å². The Morgan fingerprint density at radius 2 is 1.67 bits per heavy atom. The van der Waals surface area contributed by atoms with Crippen LogP contribution in [0.25, 0.3) is 0 Å². The van der Waals surface area contributed by atoms with Crippen LogP contribution >= 0.6 is 0 Å². The van der Waals surface area contributed by atoms with Gasteiger partial charge in [0.25, 0.3) is 0 Å². The fourth-order valence-electron chi connectivity index (χ4n) is 2.42. The third-order valence-electron chi connectivity index (χ3n) is 3.74. The van der Waals surface area contributed by atoms with Crippen LogP contribution in [0.3, 0.4) is 0 Å². The maximum Gasteiger partial charge on any atom is 0.240 e. The second-order valence-electron chi connectivity index (χ2n) is 5.95. The molecule has 0 aliphatic carbocycles. The summed E-state index contributed by atoms with van der Waals surface area (Å²) < 4.78 is 64.1. The van der Waals surface area contributed by atoms with E-state index in [2.05, 4.69) is 5.32 Å².